The number of benzene rings is 2. The molecule has 120 valence electrons. The summed E-state index contributed by atoms with van der Waals surface area (Å²) in [6, 6.07) is 11.6. The Morgan fingerprint density at radius 3 is 2.61 bits per heavy atom. The van der Waals surface area contributed by atoms with E-state index in [4.69, 9.17) is 5.11 Å². The van der Waals surface area contributed by atoms with Crippen molar-refractivity contribution in [1.82, 2.24) is 0 Å². The fourth-order valence-corrected chi connectivity index (χ4v) is 4.77. The van der Waals surface area contributed by atoms with Crippen LogP contribution in [0.2, 0.25) is 0 Å². The first-order chi connectivity index (χ1) is 10.8. The monoisotopic (exact) mass is 331 g/mol. The SMILES string of the molecule is Cc1ccc(C(=O)O)cc1S(=O)(=O)N1C[C@H](C)c2ccccc21. The van der Waals surface area contributed by atoms with Gasteiger partial charge < -0.3 is 5.11 Å². The van der Waals surface area contributed by atoms with Gasteiger partial charge in [-0.15, -0.1) is 0 Å². The standard InChI is InChI=1S/C17H17NO4S/c1-11-7-8-13(17(19)20)9-16(11)23(21,22)18-10-12(2)14-5-3-4-6-15(14)18/h3-9,12H,10H2,1-2H3,(H,19,20)/t12-/m0/s1. The molecule has 0 fully saturated rings. The number of hydrogen-bond donors (Lipinski definition) is 1. The zero-order valence-electron chi connectivity index (χ0n) is 12.9. The molecule has 0 radical (unpaired) electrons. The Kier molecular flexibility index (Phi) is 3.64. The lowest BCUT2D eigenvalue weighted by Crippen LogP contribution is -2.30. The molecule has 0 aromatic heterocycles. The van der Waals surface area contributed by atoms with E-state index < -0.39 is 16.0 Å². The van der Waals surface area contributed by atoms with Crippen LogP contribution >= 0.6 is 0 Å². The van der Waals surface area contributed by atoms with Crippen molar-refractivity contribution in [3.05, 3.63) is 59.2 Å². The number of anilines is 1. The van der Waals surface area contributed by atoms with E-state index in [2.05, 4.69) is 0 Å². The van der Waals surface area contributed by atoms with Gasteiger partial charge in [0.05, 0.1) is 16.1 Å². The molecule has 5 nitrogen and oxygen atoms in total. The maximum Gasteiger partial charge on any atom is 0.335 e. The number of aryl methyl sites for hydroxylation is 1. The molecule has 0 spiro atoms. The van der Waals surface area contributed by atoms with Gasteiger partial charge in [-0.1, -0.05) is 31.2 Å². The number of carboxylic acids is 1. The third kappa shape index (κ3) is 2.49. The average molecular weight is 331 g/mol. The first-order valence-electron chi connectivity index (χ1n) is 7.28. The molecule has 0 saturated heterocycles. The highest BCUT2D eigenvalue weighted by atomic mass is 32.2. The fourth-order valence-electron chi connectivity index (χ4n) is 2.93. The third-order valence-electron chi connectivity index (χ3n) is 4.18. The third-order valence-corrected chi connectivity index (χ3v) is 6.10. The minimum atomic E-state index is -3.80. The number of aromatic carboxylic acids is 1. The van der Waals surface area contributed by atoms with Crippen LogP contribution in [0.1, 0.15) is 34.3 Å². The number of nitrogens with zero attached hydrogens (tertiary/aromatic N) is 1. The Morgan fingerprint density at radius 2 is 1.91 bits per heavy atom. The number of para-hydroxylation sites is 1. The molecule has 0 bridgehead atoms. The van der Waals surface area contributed by atoms with E-state index in [1.54, 1.807) is 19.1 Å². The van der Waals surface area contributed by atoms with Crippen molar-refractivity contribution >= 4 is 21.7 Å². The van der Waals surface area contributed by atoms with E-state index in [0.717, 1.165) is 5.56 Å². The smallest absolute Gasteiger partial charge is 0.335 e. The van der Waals surface area contributed by atoms with Crippen LogP contribution in [-0.2, 0) is 10.0 Å². The fraction of sp³-hybridized carbons (Fsp3) is 0.235. The highest BCUT2D eigenvalue weighted by Crippen LogP contribution is 2.39. The van der Waals surface area contributed by atoms with Crippen molar-refractivity contribution in [3.8, 4) is 0 Å². The maximum absolute atomic E-state index is 13.1. The number of fused-ring (bicyclic) bond motifs is 1. The van der Waals surface area contributed by atoms with Crippen molar-refractivity contribution in [3.63, 3.8) is 0 Å². The van der Waals surface area contributed by atoms with Gasteiger partial charge in [-0.05, 0) is 36.2 Å². The molecule has 0 unspecified atom stereocenters. The Hall–Kier alpha value is -2.34. The molecular weight excluding hydrogens is 314 g/mol. The van der Waals surface area contributed by atoms with Crippen LogP contribution in [0, 0.1) is 6.92 Å². The largest absolute Gasteiger partial charge is 0.478 e. The van der Waals surface area contributed by atoms with Crippen LogP contribution in [0.3, 0.4) is 0 Å². The van der Waals surface area contributed by atoms with E-state index in [-0.39, 0.29) is 16.4 Å². The lowest BCUT2D eigenvalue weighted by molar-refractivity contribution is 0.0696. The average Bonchev–Trinajstić information content (AvgIpc) is 2.86. The van der Waals surface area contributed by atoms with Gasteiger partial charge in [0.2, 0.25) is 0 Å². The molecule has 1 aliphatic rings. The number of sulfonamides is 1. The topological polar surface area (TPSA) is 74.7 Å². The maximum atomic E-state index is 13.1. The number of carboxylic acid groups (broad SMARTS) is 1. The summed E-state index contributed by atoms with van der Waals surface area (Å²) in [5, 5.41) is 9.12. The van der Waals surface area contributed by atoms with Gasteiger partial charge in [0, 0.05) is 12.5 Å². The van der Waals surface area contributed by atoms with Gasteiger partial charge in [-0.3, -0.25) is 4.31 Å². The Morgan fingerprint density at radius 1 is 1.22 bits per heavy atom. The molecule has 6 heteroatoms. The zero-order chi connectivity index (χ0) is 16.8. The Labute approximate surface area is 135 Å². The predicted octanol–water partition coefficient (Wildman–Crippen LogP) is 3.01. The molecule has 1 N–H and O–H groups in total. The molecule has 23 heavy (non-hydrogen) atoms. The number of rotatable bonds is 3. The van der Waals surface area contributed by atoms with Crippen LogP contribution in [-0.4, -0.2) is 26.0 Å². The van der Waals surface area contributed by atoms with Crippen molar-refractivity contribution in [2.45, 2.75) is 24.7 Å². The molecule has 3 rings (SSSR count). The van der Waals surface area contributed by atoms with Gasteiger partial charge in [-0.2, -0.15) is 0 Å². The number of carbonyl (C=O) groups is 1. The summed E-state index contributed by atoms with van der Waals surface area (Å²) in [7, 11) is -3.80. The Bertz CT molecular complexity index is 889. The lowest BCUT2D eigenvalue weighted by atomic mass is 10.0. The van der Waals surface area contributed by atoms with Crippen molar-refractivity contribution in [2.75, 3.05) is 10.8 Å². The molecule has 0 aliphatic carbocycles. The van der Waals surface area contributed by atoms with Crippen LogP contribution < -0.4 is 4.31 Å². The van der Waals surface area contributed by atoms with Crippen molar-refractivity contribution in [2.24, 2.45) is 0 Å². The number of hydrogen-bond acceptors (Lipinski definition) is 3. The van der Waals surface area contributed by atoms with Crippen LogP contribution in [0.25, 0.3) is 0 Å². The highest BCUT2D eigenvalue weighted by molar-refractivity contribution is 7.93. The molecular formula is C17H17NO4S. The summed E-state index contributed by atoms with van der Waals surface area (Å²) >= 11 is 0. The summed E-state index contributed by atoms with van der Waals surface area (Å²) in [4.78, 5) is 11.2. The molecule has 0 amide bonds. The minimum Gasteiger partial charge on any atom is -0.478 e. The van der Waals surface area contributed by atoms with Gasteiger partial charge >= 0.3 is 5.97 Å². The second-order valence-corrected chi connectivity index (χ2v) is 7.61. The van der Waals surface area contributed by atoms with Gasteiger partial charge in [0.15, 0.2) is 0 Å². The van der Waals surface area contributed by atoms with Gasteiger partial charge in [-0.25, -0.2) is 13.2 Å². The quantitative estimate of drug-likeness (QED) is 0.938. The summed E-state index contributed by atoms with van der Waals surface area (Å²) in [6.07, 6.45) is 0. The summed E-state index contributed by atoms with van der Waals surface area (Å²) in [5.41, 5.74) is 2.16. The normalized spacial score (nSPS) is 17.1. The molecule has 1 atom stereocenters. The second kappa shape index (κ2) is 5.38. The second-order valence-electron chi connectivity index (χ2n) is 5.78. The van der Waals surface area contributed by atoms with E-state index in [1.807, 2.05) is 19.1 Å². The van der Waals surface area contributed by atoms with E-state index in [9.17, 15) is 13.2 Å². The molecule has 2 aromatic rings. The molecule has 2 aromatic carbocycles. The van der Waals surface area contributed by atoms with E-state index in [0.29, 0.717) is 17.8 Å². The lowest BCUT2D eigenvalue weighted by Gasteiger charge is -2.21. The van der Waals surface area contributed by atoms with Crippen LogP contribution in [0.15, 0.2) is 47.4 Å². The van der Waals surface area contributed by atoms with Gasteiger partial charge in [0.1, 0.15) is 0 Å². The van der Waals surface area contributed by atoms with E-state index in [1.165, 1.54) is 22.5 Å². The van der Waals surface area contributed by atoms with Crippen molar-refractivity contribution in [1.29, 1.82) is 0 Å². The van der Waals surface area contributed by atoms with Crippen molar-refractivity contribution < 1.29 is 18.3 Å². The van der Waals surface area contributed by atoms with Crippen LogP contribution in [0.5, 0.6) is 0 Å². The molecule has 1 heterocycles. The zero-order valence-corrected chi connectivity index (χ0v) is 13.7. The Balaban J connectivity index is 2.14. The summed E-state index contributed by atoms with van der Waals surface area (Å²) in [6.45, 7) is 4.01. The predicted molar refractivity (Wildman–Crippen MR) is 87.5 cm³/mol. The molecule has 1 aliphatic heterocycles. The summed E-state index contributed by atoms with van der Waals surface area (Å²) in [5.74, 6) is -1.04. The first-order valence-corrected chi connectivity index (χ1v) is 8.72. The first kappa shape index (κ1) is 15.6. The summed E-state index contributed by atoms with van der Waals surface area (Å²) < 4.78 is 27.5. The minimum absolute atomic E-state index is 0.0327. The van der Waals surface area contributed by atoms with Crippen LogP contribution in [0.4, 0.5) is 5.69 Å². The van der Waals surface area contributed by atoms with E-state index >= 15 is 0 Å². The highest BCUT2D eigenvalue weighted by Gasteiger charge is 2.35. The molecule has 0 saturated carbocycles. The van der Waals surface area contributed by atoms with Gasteiger partial charge in [0.25, 0.3) is 10.0 Å².